The minimum absolute atomic E-state index is 0.0330. The van der Waals surface area contributed by atoms with Crippen molar-refractivity contribution in [3.63, 3.8) is 0 Å². The first kappa shape index (κ1) is 21.5. The molecule has 2 N–H and O–H groups in total. The lowest BCUT2D eigenvalue weighted by molar-refractivity contribution is -0.118. The second-order valence-electron chi connectivity index (χ2n) is 6.10. The number of ether oxygens (including phenoxy) is 2. The first-order chi connectivity index (χ1) is 14.4. The van der Waals surface area contributed by atoms with Gasteiger partial charge in [-0.1, -0.05) is 35.9 Å². The molecule has 0 aliphatic carbocycles. The van der Waals surface area contributed by atoms with Gasteiger partial charge >= 0.3 is 0 Å². The summed E-state index contributed by atoms with van der Waals surface area (Å²) in [4.78, 5) is 12.2. The largest absolute Gasteiger partial charge is 0.493 e. The smallest absolute Gasteiger partial charge is 0.262 e. The van der Waals surface area contributed by atoms with Gasteiger partial charge in [-0.2, -0.15) is 0 Å². The average Bonchev–Trinajstić information content (AvgIpc) is 2.74. The Kier molecular flexibility index (Phi) is 6.81. The van der Waals surface area contributed by atoms with Crippen LogP contribution >= 0.6 is 11.6 Å². The van der Waals surface area contributed by atoms with Crippen LogP contribution in [-0.2, 0) is 14.8 Å². The number of benzene rings is 3. The number of halogens is 1. The highest BCUT2D eigenvalue weighted by molar-refractivity contribution is 7.92. The normalized spacial score (nSPS) is 10.9. The molecule has 0 unspecified atom stereocenters. The Balaban J connectivity index is 1.61. The fourth-order valence-electron chi connectivity index (χ4n) is 2.54. The van der Waals surface area contributed by atoms with Crippen molar-refractivity contribution in [3.05, 3.63) is 77.8 Å². The molecule has 3 rings (SSSR count). The first-order valence-corrected chi connectivity index (χ1v) is 10.7. The lowest BCUT2D eigenvalue weighted by Crippen LogP contribution is -2.20. The van der Waals surface area contributed by atoms with Crippen LogP contribution in [0, 0.1) is 0 Å². The van der Waals surface area contributed by atoms with Crippen molar-refractivity contribution in [2.24, 2.45) is 0 Å². The summed E-state index contributed by atoms with van der Waals surface area (Å²) < 4.78 is 38.1. The zero-order valence-electron chi connectivity index (χ0n) is 16.0. The molecule has 0 radical (unpaired) electrons. The molecular formula is C21H19ClN2O5S. The lowest BCUT2D eigenvalue weighted by Gasteiger charge is -2.11. The van der Waals surface area contributed by atoms with Crippen LogP contribution < -0.4 is 19.5 Å². The highest BCUT2D eigenvalue weighted by Crippen LogP contribution is 2.26. The summed E-state index contributed by atoms with van der Waals surface area (Å²) >= 11 is 6.00. The zero-order chi connectivity index (χ0) is 21.6. The SMILES string of the molecule is COc1ccccc1OCC(=O)Nc1ccc(S(=O)(=O)Nc2ccccc2Cl)cc1. The quantitative estimate of drug-likeness (QED) is 0.541. The molecule has 30 heavy (non-hydrogen) atoms. The summed E-state index contributed by atoms with van der Waals surface area (Å²) in [5, 5.41) is 2.94. The molecule has 0 saturated carbocycles. The number of para-hydroxylation sites is 3. The van der Waals surface area contributed by atoms with Crippen molar-refractivity contribution in [2.75, 3.05) is 23.8 Å². The average molecular weight is 447 g/mol. The Labute approximate surface area is 179 Å². The van der Waals surface area contributed by atoms with Gasteiger partial charge in [0.05, 0.1) is 22.7 Å². The maximum Gasteiger partial charge on any atom is 0.262 e. The van der Waals surface area contributed by atoms with Gasteiger partial charge in [-0.25, -0.2) is 8.42 Å². The van der Waals surface area contributed by atoms with Crippen molar-refractivity contribution in [1.82, 2.24) is 0 Å². The van der Waals surface area contributed by atoms with Gasteiger partial charge in [-0.15, -0.1) is 0 Å². The van der Waals surface area contributed by atoms with Gasteiger partial charge < -0.3 is 14.8 Å². The van der Waals surface area contributed by atoms with Crippen LogP contribution in [0.5, 0.6) is 11.5 Å². The van der Waals surface area contributed by atoms with Crippen LogP contribution in [-0.4, -0.2) is 28.0 Å². The van der Waals surface area contributed by atoms with Crippen molar-refractivity contribution in [3.8, 4) is 11.5 Å². The standard InChI is InChI=1S/C21H19ClN2O5S/c1-28-19-8-4-5-9-20(19)29-14-21(25)23-15-10-12-16(13-11-15)30(26,27)24-18-7-3-2-6-17(18)22/h2-13,24H,14H2,1H3,(H,23,25). The van der Waals surface area contributed by atoms with E-state index in [0.29, 0.717) is 22.2 Å². The highest BCUT2D eigenvalue weighted by atomic mass is 35.5. The number of methoxy groups -OCH3 is 1. The highest BCUT2D eigenvalue weighted by Gasteiger charge is 2.16. The molecule has 0 bridgehead atoms. The second-order valence-corrected chi connectivity index (χ2v) is 8.19. The fourth-order valence-corrected chi connectivity index (χ4v) is 3.86. The van der Waals surface area contributed by atoms with E-state index >= 15 is 0 Å². The summed E-state index contributed by atoms with van der Waals surface area (Å²) in [6.07, 6.45) is 0. The molecule has 3 aromatic carbocycles. The number of amides is 1. The summed E-state index contributed by atoms with van der Waals surface area (Å²) in [6, 6.07) is 19.3. The number of anilines is 2. The van der Waals surface area contributed by atoms with E-state index in [1.165, 1.54) is 31.4 Å². The second kappa shape index (κ2) is 9.51. The Morgan fingerprint density at radius 3 is 2.23 bits per heavy atom. The van der Waals surface area contributed by atoms with Gasteiger partial charge in [-0.05, 0) is 48.5 Å². The Morgan fingerprint density at radius 2 is 1.57 bits per heavy atom. The summed E-state index contributed by atoms with van der Waals surface area (Å²) in [5.74, 6) is 0.568. The minimum atomic E-state index is -3.82. The molecular weight excluding hydrogens is 428 g/mol. The van der Waals surface area contributed by atoms with Crippen LogP contribution in [0.15, 0.2) is 77.7 Å². The third kappa shape index (κ3) is 5.43. The fraction of sp³-hybridized carbons (Fsp3) is 0.0952. The van der Waals surface area contributed by atoms with E-state index in [0.717, 1.165) is 0 Å². The third-order valence-corrected chi connectivity index (χ3v) is 5.71. The molecule has 3 aromatic rings. The van der Waals surface area contributed by atoms with Crippen LogP contribution in [0.3, 0.4) is 0 Å². The van der Waals surface area contributed by atoms with Crippen molar-refractivity contribution < 1.29 is 22.7 Å². The molecule has 0 spiro atoms. The Bertz CT molecular complexity index is 1130. The van der Waals surface area contributed by atoms with Gasteiger partial charge in [0.15, 0.2) is 18.1 Å². The van der Waals surface area contributed by atoms with Crippen LogP contribution in [0.25, 0.3) is 0 Å². The van der Waals surface area contributed by atoms with E-state index in [9.17, 15) is 13.2 Å². The molecule has 156 valence electrons. The molecule has 0 aliphatic rings. The molecule has 0 aliphatic heterocycles. The summed E-state index contributed by atoms with van der Waals surface area (Å²) in [7, 11) is -2.31. The van der Waals surface area contributed by atoms with E-state index in [1.54, 1.807) is 48.5 Å². The molecule has 0 aromatic heterocycles. The van der Waals surface area contributed by atoms with Gasteiger partial charge in [0.25, 0.3) is 15.9 Å². The minimum Gasteiger partial charge on any atom is -0.493 e. The maximum absolute atomic E-state index is 12.5. The monoisotopic (exact) mass is 446 g/mol. The third-order valence-electron chi connectivity index (χ3n) is 3.99. The van der Waals surface area contributed by atoms with Crippen LogP contribution in [0.4, 0.5) is 11.4 Å². The lowest BCUT2D eigenvalue weighted by atomic mass is 10.3. The predicted octanol–water partition coefficient (Wildman–Crippen LogP) is 4.17. The molecule has 9 heteroatoms. The molecule has 0 saturated heterocycles. The van der Waals surface area contributed by atoms with Crippen molar-refractivity contribution in [2.45, 2.75) is 4.90 Å². The van der Waals surface area contributed by atoms with E-state index in [1.807, 2.05) is 0 Å². The number of hydrogen-bond acceptors (Lipinski definition) is 5. The number of sulfonamides is 1. The van der Waals surface area contributed by atoms with E-state index in [4.69, 9.17) is 21.1 Å². The predicted molar refractivity (Wildman–Crippen MR) is 116 cm³/mol. The molecule has 1 amide bonds. The van der Waals surface area contributed by atoms with Gasteiger partial charge in [-0.3, -0.25) is 9.52 Å². The Hall–Kier alpha value is -3.23. The number of rotatable bonds is 8. The Morgan fingerprint density at radius 1 is 0.933 bits per heavy atom. The van der Waals surface area contributed by atoms with Crippen molar-refractivity contribution in [1.29, 1.82) is 0 Å². The van der Waals surface area contributed by atoms with Gasteiger partial charge in [0.1, 0.15) is 0 Å². The molecule has 0 fully saturated rings. The van der Waals surface area contributed by atoms with Gasteiger partial charge in [0.2, 0.25) is 0 Å². The maximum atomic E-state index is 12.5. The van der Waals surface area contributed by atoms with E-state index in [2.05, 4.69) is 10.0 Å². The zero-order valence-corrected chi connectivity index (χ0v) is 17.5. The molecule has 7 nitrogen and oxygen atoms in total. The number of nitrogens with one attached hydrogen (secondary N) is 2. The van der Waals surface area contributed by atoms with E-state index in [-0.39, 0.29) is 17.2 Å². The van der Waals surface area contributed by atoms with Crippen LogP contribution in [0.2, 0.25) is 5.02 Å². The summed E-state index contributed by atoms with van der Waals surface area (Å²) in [5.41, 5.74) is 0.713. The van der Waals surface area contributed by atoms with Gasteiger partial charge in [0, 0.05) is 5.69 Å². The molecule has 0 heterocycles. The molecule has 0 atom stereocenters. The van der Waals surface area contributed by atoms with Crippen LogP contribution in [0.1, 0.15) is 0 Å². The van der Waals surface area contributed by atoms with E-state index < -0.39 is 15.9 Å². The number of carbonyl (C=O) groups excluding carboxylic acids is 1. The summed E-state index contributed by atoms with van der Waals surface area (Å²) in [6.45, 7) is -0.228. The topological polar surface area (TPSA) is 93.7 Å². The number of carbonyl (C=O) groups is 1. The van der Waals surface area contributed by atoms with Crippen molar-refractivity contribution >= 4 is 38.9 Å². The number of hydrogen-bond donors (Lipinski definition) is 2. The first-order valence-electron chi connectivity index (χ1n) is 8.82.